The van der Waals surface area contributed by atoms with Gasteiger partial charge in [0.25, 0.3) is 0 Å². The highest BCUT2D eigenvalue weighted by atomic mass is 31.2. The average molecular weight is 515 g/mol. The van der Waals surface area contributed by atoms with Crippen LogP contribution in [0.2, 0.25) is 0 Å². The molecule has 0 radical (unpaired) electrons. The average Bonchev–Trinajstić information content (AvgIpc) is 2.99. The van der Waals surface area contributed by atoms with Crippen molar-refractivity contribution >= 4 is 39.8 Å². The van der Waals surface area contributed by atoms with E-state index in [9.17, 15) is 9.59 Å². The van der Waals surface area contributed by atoms with Crippen molar-refractivity contribution in [1.82, 2.24) is 0 Å². The summed E-state index contributed by atoms with van der Waals surface area (Å²) in [6.45, 7) is -0.622. The lowest BCUT2D eigenvalue weighted by Gasteiger charge is -2.31. The third-order valence-corrected chi connectivity index (χ3v) is 11.0. The molecule has 0 aromatic heterocycles. The van der Waals surface area contributed by atoms with Gasteiger partial charge in [-0.2, -0.15) is 0 Å². The molecule has 0 N–H and O–H groups in total. The Balaban J connectivity index is 1.75. The fraction of sp³-hybridized carbons (Fsp3) is 0.0294. The van der Waals surface area contributed by atoms with Crippen LogP contribution < -0.4 is 20.7 Å². The van der Waals surface area contributed by atoms with Gasteiger partial charge in [0.1, 0.15) is 5.75 Å². The van der Waals surface area contributed by atoms with E-state index in [0.29, 0.717) is 16.4 Å². The third-order valence-electron chi connectivity index (χ3n) is 6.61. The summed E-state index contributed by atoms with van der Waals surface area (Å²) in [6.07, 6.45) is 0. The molecule has 0 aliphatic carbocycles. The van der Waals surface area contributed by atoms with Crippen molar-refractivity contribution in [3.63, 3.8) is 0 Å². The van der Waals surface area contributed by atoms with Crippen molar-refractivity contribution < 1.29 is 14.3 Å². The van der Waals surface area contributed by atoms with Gasteiger partial charge >= 0.3 is 5.97 Å². The van der Waals surface area contributed by atoms with Crippen LogP contribution in [0, 0.1) is 0 Å². The number of carbonyl (C=O) groups is 2. The molecule has 0 spiro atoms. The summed E-state index contributed by atoms with van der Waals surface area (Å²) in [5.74, 6) is -0.400. The number of Topliss-reactive ketones (excluding diaryl/α,β-unsaturated/α-hetero) is 1. The summed E-state index contributed by atoms with van der Waals surface area (Å²) in [5.41, 5.74) is 0.789. The largest absolute Gasteiger partial charge is 0.422 e. The van der Waals surface area contributed by atoms with Gasteiger partial charge in [0.15, 0.2) is 5.78 Å². The van der Waals surface area contributed by atoms with E-state index in [1.165, 1.54) is 0 Å². The maximum absolute atomic E-state index is 14.4. The van der Waals surface area contributed by atoms with Crippen molar-refractivity contribution in [3.8, 4) is 5.75 Å². The van der Waals surface area contributed by atoms with Gasteiger partial charge < -0.3 is 4.74 Å². The minimum absolute atomic E-state index is 0.147. The van der Waals surface area contributed by atoms with Crippen LogP contribution in [0.1, 0.15) is 27.6 Å². The molecule has 38 heavy (non-hydrogen) atoms. The van der Waals surface area contributed by atoms with Gasteiger partial charge in [-0.05, 0) is 54.0 Å². The number of benzene rings is 5. The Morgan fingerprint density at radius 1 is 0.526 bits per heavy atom. The molecular weight excluding hydrogens is 487 g/mol. The van der Waals surface area contributed by atoms with E-state index < -0.39 is 12.9 Å². The lowest BCUT2D eigenvalue weighted by atomic mass is 10.1. The van der Waals surface area contributed by atoms with E-state index in [-0.39, 0.29) is 11.5 Å². The Kier molecular flexibility index (Phi) is 7.49. The lowest BCUT2D eigenvalue weighted by molar-refractivity contribution is 0.0733. The number of rotatable bonds is 7. The Morgan fingerprint density at radius 3 is 1.39 bits per heavy atom. The van der Waals surface area contributed by atoms with Crippen LogP contribution in [0.15, 0.2) is 146 Å². The summed E-state index contributed by atoms with van der Waals surface area (Å²) in [5, 5.41) is 3.97. The van der Waals surface area contributed by atoms with Gasteiger partial charge in [-0.15, -0.1) is 0 Å². The zero-order valence-electron chi connectivity index (χ0n) is 21.0. The smallest absolute Gasteiger partial charge is 0.343 e. The van der Waals surface area contributed by atoms with Crippen LogP contribution in [0.5, 0.6) is 5.75 Å². The highest BCUT2D eigenvalue weighted by molar-refractivity contribution is 7.96. The molecule has 3 nitrogen and oxygen atoms in total. The Bertz CT molecular complexity index is 1510. The van der Waals surface area contributed by atoms with E-state index >= 15 is 0 Å². The zero-order valence-corrected chi connectivity index (χ0v) is 21.9. The first kappa shape index (κ1) is 25.2. The topological polar surface area (TPSA) is 43.4 Å². The monoisotopic (exact) mass is 514 g/mol. The molecule has 0 fully saturated rings. The van der Waals surface area contributed by atoms with Gasteiger partial charge in [-0.25, -0.2) is 4.79 Å². The highest BCUT2D eigenvalue weighted by Crippen LogP contribution is 2.47. The standard InChI is InChI=1S/C34H27O3P/c1-26(33(35)31-24-14-15-25-32(31)37-34(36)27-16-6-2-7-17-27)38(28-18-8-3-9-19-28,29-20-10-4-11-21-29)30-22-12-5-13-23-30/h2-25H,1H3. The number of carbonyl (C=O) groups excluding carboxylic acids is 2. The van der Waals surface area contributed by atoms with E-state index in [1.807, 2.05) is 67.6 Å². The van der Waals surface area contributed by atoms with Crippen LogP contribution in [0.3, 0.4) is 0 Å². The number of ketones is 1. The SMILES string of the molecule is CC(C(=O)c1ccccc1OC(=O)c1ccccc1)=P(c1ccccc1)(c1ccccc1)c1ccccc1. The number of esters is 1. The Morgan fingerprint density at radius 2 is 0.921 bits per heavy atom. The quantitative estimate of drug-likeness (QED) is 0.111. The molecule has 186 valence electrons. The fourth-order valence-corrected chi connectivity index (χ4v) is 9.15. The van der Waals surface area contributed by atoms with Crippen molar-refractivity contribution in [1.29, 1.82) is 0 Å². The molecular formula is C34H27O3P. The van der Waals surface area contributed by atoms with Gasteiger partial charge in [0.05, 0.1) is 11.1 Å². The summed E-state index contributed by atoms with van der Waals surface area (Å²) in [7, 11) is 0. The second-order valence-electron chi connectivity index (χ2n) is 8.84. The normalized spacial score (nSPS) is 11.0. The minimum atomic E-state index is -2.55. The minimum Gasteiger partial charge on any atom is -0.422 e. The Hall–Kier alpha value is -4.46. The number of hydrogen-bond acceptors (Lipinski definition) is 3. The molecule has 5 rings (SSSR count). The van der Waals surface area contributed by atoms with Crippen molar-refractivity contribution in [3.05, 3.63) is 157 Å². The molecule has 0 aliphatic heterocycles. The molecule has 0 aliphatic rings. The predicted molar refractivity (Wildman–Crippen MR) is 158 cm³/mol. The molecule has 5 aromatic rings. The van der Waals surface area contributed by atoms with Crippen LogP contribution in [-0.2, 0) is 0 Å². The molecule has 0 saturated heterocycles. The molecule has 4 heteroatoms. The van der Waals surface area contributed by atoms with Gasteiger partial charge in [-0.3, -0.25) is 4.79 Å². The summed E-state index contributed by atoms with van der Waals surface area (Å²) in [6, 6.07) is 46.5. The maximum atomic E-state index is 14.4. The molecule has 0 unspecified atom stereocenters. The maximum Gasteiger partial charge on any atom is 0.343 e. The van der Waals surface area contributed by atoms with Crippen LogP contribution in [0.25, 0.3) is 0 Å². The van der Waals surface area contributed by atoms with Gasteiger partial charge in [0.2, 0.25) is 0 Å². The fourth-order valence-electron chi connectivity index (χ4n) is 4.81. The Labute approximate surface area is 223 Å². The van der Waals surface area contributed by atoms with Gasteiger partial charge in [-0.1, -0.05) is 121 Å². The van der Waals surface area contributed by atoms with E-state index in [0.717, 1.165) is 15.9 Å². The van der Waals surface area contributed by atoms with Gasteiger partial charge in [0, 0.05) is 5.29 Å². The van der Waals surface area contributed by atoms with Crippen molar-refractivity contribution in [2.75, 3.05) is 0 Å². The van der Waals surface area contributed by atoms with Crippen LogP contribution in [0.4, 0.5) is 0 Å². The summed E-state index contributed by atoms with van der Waals surface area (Å²) >= 11 is 0. The molecule has 0 amide bonds. The van der Waals surface area contributed by atoms with E-state index in [4.69, 9.17) is 4.74 Å². The zero-order chi connectivity index (χ0) is 26.4. The highest BCUT2D eigenvalue weighted by Gasteiger charge is 2.32. The predicted octanol–water partition coefficient (Wildman–Crippen LogP) is 6.27. The molecule has 0 saturated carbocycles. The molecule has 0 bridgehead atoms. The van der Waals surface area contributed by atoms with Crippen molar-refractivity contribution in [2.24, 2.45) is 0 Å². The number of hydrogen-bond donors (Lipinski definition) is 0. The second kappa shape index (κ2) is 11.3. The summed E-state index contributed by atoms with van der Waals surface area (Å²) < 4.78 is 5.77. The van der Waals surface area contributed by atoms with E-state index in [1.54, 1.807) is 48.5 Å². The van der Waals surface area contributed by atoms with E-state index in [2.05, 4.69) is 36.4 Å². The first-order chi connectivity index (χ1) is 18.6. The molecule has 0 heterocycles. The molecule has 5 aromatic carbocycles. The number of para-hydroxylation sites is 1. The second-order valence-corrected chi connectivity index (χ2v) is 12.4. The number of ether oxygens (including phenoxy) is 1. The molecule has 0 atom stereocenters. The van der Waals surface area contributed by atoms with Crippen LogP contribution in [-0.4, -0.2) is 17.0 Å². The first-order valence-corrected chi connectivity index (χ1v) is 14.2. The van der Waals surface area contributed by atoms with Crippen LogP contribution >= 0.6 is 6.89 Å². The third kappa shape index (κ3) is 4.77. The first-order valence-electron chi connectivity index (χ1n) is 12.4. The summed E-state index contributed by atoms with van der Waals surface area (Å²) in [4.78, 5) is 27.3. The van der Waals surface area contributed by atoms with Crippen molar-refractivity contribution in [2.45, 2.75) is 6.92 Å². The lowest BCUT2D eigenvalue weighted by Crippen LogP contribution is -2.32.